The molecule has 0 saturated carbocycles. The van der Waals surface area contributed by atoms with Crippen LogP contribution in [0.25, 0.3) is 0 Å². The topological polar surface area (TPSA) is 74.3 Å². The number of halogens is 2. The Morgan fingerprint density at radius 1 is 1.36 bits per heavy atom. The van der Waals surface area contributed by atoms with E-state index in [4.69, 9.17) is 0 Å². The minimum Gasteiger partial charge on any atom is -0.342 e. The molecule has 1 fully saturated rings. The van der Waals surface area contributed by atoms with Crippen LogP contribution in [-0.2, 0) is 9.59 Å². The van der Waals surface area contributed by atoms with Gasteiger partial charge in [-0.15, -0.1) is 24.8 Å². The maximum absolute atomic E-state index is 12.4. The smallest absolute Gasteiger partial charge is 0.230 e. The molecule has 2 heterocycles. The Labute approximate surface area is 162 Å². The Hall–Kier alpha value is -1.37. The van der Waals surface area contributed by atoms with E-state index in [1.54, 1.807) is 12.3 Å². The van der Waals surface area contributed by atoms with Gasteiger partial charge in [-0.2, -0.15) is 0 Å². The molecule has 2 N–H and O–H groups in total. The number of hydrogen-bond acceptors (Lipinski definition) is 4. The van der Waals surface area contributed by atoms with E-state index in [0.29, 0.717) is 18.9 Å². The minimum absolute atomic E-state index is 0. The van der Waals surface area contributed by atoms with E-state index < -0.39 is 0 Å². The van der Waals surface area contributed by atoms with Crippen LogP contribution in [0.1, 0.15) is 25.3 Å². The number of carbonyl (C=O) groups is 2. The van der Waals surface area contributed by atoms with Crippen molar-refractivity contribution < 1.29 is 9.59 Å². The summed E-state index contributed by atoms with van der Waals surface area (Å²) in [6, 6.07) is 3.71. The van der Waals surface area contributed by atoms with E-state index in [0.717, 1.165) is 24.9 Å². The molecule has 0 bridgehead atoms. The van der Waals surface area contributed by atoms with Gasteiger partial charge >= 0.3 is 0 Å². The van der Waals surface area contributed by atoms with Gasteiger partial charge in [-0.3, -0.25) is 9.59 Å². The number of amides is 2. The zero-order valence-corrected chi connectivity index (χ0v) is 16.6. The van der Waals surface area contributed by atoms with Crippen molar-refractivity contribution in [2.24, 2.45) is 11.8 Å². The number of rotatable bonds is 5. The van der Waals surface area contributed by atoms with E-state index in [2.05, 4.69) is 15.6 Å². The third kappa shape index (κ3) is 6.80. The zero-order valence-electron chi connectivity index (χ0n) is 14.9. The van der Waals surface area contributed by atoms with Gasteiger partial charge in [0, 0.05) is 31.7 Å². The number of aromatic nitrogens is 1. The first-order valence-corrected chi connectivity index (χ1v) is 8.18. The van der Waals surface area contributed by atoms with Crippen molar-refractivity contribution in [2.45, 2.75) is 26.7 Å². The fourth-order valence-electron chi connectivity index (χ4n) is 2.87. The lowest BCUT2D eigenvalue weighted by Crippen LogP contribution is -2.46. The maximum atomic E-state index is 12.4. The summed E-state index contributed by atoms with van der Waals surface area (Å²) >= 11 is 0. The number of nitrogens with one attached hydrogen (secondary N) is 2. The molecule has 1 aromatic rings. The molecule has 1 aliphatic heterocycles. The fourth-order valence-corrected chi connectivity index (χ4v) is 2.87. The number of nitrogens with zero attached hydrogens (tertiary/aromatic N) is 2. The van der Waals surface area contributed by atoms with Crippen LogP contribution < -0.4 is 10.6 Å². The van der Waals surface area contributed by atoms with Crippen molar-refractivity contribution >= 4 is 42.4 Å². The van der Waals surface area contributed by atoms with Gasteiger partial charge in [-0.25, -0.2) is 4.98 Å². The highest BCUT2D eigenvalue weighted by Crippen LogP contribution is 2.20. The monoisotopic (exact) mass is 390 g/mol. The molecule has 0 radical (unpaired) electrons. The third-order valence-corrected chi connectivity index (χ3v) is 4.20. The molecular formula is C17H28Cl2N4O2. The van der Waals surface area contributed by atoms with Gasteiger partial charge in [0.1, 0.15) is 5.82 Å². The molecule has 2 atom stereocenters. The summed E-state index contributed by atoms with van der Waals surface area (Å²) in [5, 5.41) is 5.88. The summed E-state index contributed by atoms with van der Waals surface area (Å²) in [7, 11) is 1.84. The summed E-state index contributed by atoms with van der Waals surface area (Å²) < 4.78 is 0. The van der Waals surface area contributed by atoms with Gasteiger partial charge in [0.2, 0.25) is 11.8 Å². The van der Waals surface area contributed by atoms with Gasteiger partial charge in [0.05, 0.1) is 5.92 Å². The van der Waals surface area contributed by atoms with Crippen molar-refractivity contribution in [3.8, 4) is 0 Å². The fraction of sp³-hybridized carbons (Fsp3) is 0.588. The molecule has 2 amide bonds. The highest BCUT2D eigenvalue weighted by atomic mass is 35.5. The zero-order chi connectivity index (χ0) is 16.8. The lowest BCUT2D eigenvalue weighted by molar-refractivity contribution is -0.137. The predicted octanol–water partition coefficient (Wildman–Crippen LogP) is 2.27. The molecular weight excluding hydrogens is 363 g/mol. The molecule has 6 nitrogen and oxygen atoms in total. The average molecular weight is 391 g/mol. The highest BCUT2D eigenvalue weighted by molar-refractivity contribution is 5.92. The number of carbonyl (C=O) groups excluding carboxylic acids is 2. The molecule has 1 aromatic heterocycles. The molecule has 1 aliphatic rings. The first-order valence-electron chi connectivity index (χ1n) is 8.18. The van der Waals surface area contributed by atoms with E-state index in [1.807, 2.05) is 31.9 Å². The van der Waals surface area contributed by atoms with Crippen molar-refractivity contribution in [3.05, 3.63) is 23.9 Å². The van der Waals surface area contributed by atoms with E-state index in [-0.39, 0.29) is 48.5 Å². The second-order valence-corrected chi connectivity index (χ2v) is 6.29. The molecule has 0 spiro atoms. The molecule has 0 aliphatic carbocycles. The molecule has 2 rings (SSSR count). The molecule has 142 valence electrons. The Morgan fingerprint density at radius 3 is 2.68 bits per heavy atom. The number of hydrogen-bond donors (Lipinski definition) is 2. The third-order valence-electron chi connectivity index (χ3n) is 4.20. The van der Waals surface area contributed by atoms with Gasteiger partial charge < -0.3 is 15.5 Å². The van der Waals surface area contributed by atoms with Crippen LogP contribution in [0.2, 0.25) is 0 Å². The first kappa shape index (κ1) is 23.6. The summed E-state index contributed by atoms with van der Waals surface area (Å²) in [6.07, 6.45) is 3.39. The Kier molecular flexibility index (Phi) is 10.7. The van der Waals surface area contributed by atoms with Crippen molar-refractivity contribution in [2.75, 3.05) is 32.0 Å². The van der Waals surface area contributed by atoms with Crippen molar-refractivity contribution in [1.82, 2.24) is 15.2 Å². The van der Waals surface area contributed by atoms with Gasteiger partial charge in [-0.05, 0) is 38.4 Å². The van der Waals surface area contributed by atoms with E-state index >= 15 is 0 Å². The van der Waals surface area contributed by atoms with Gasteiger partial charge in [-0.1, -0.05) is 13.0 Å². The summed E-state index contributed by atoms with van der Waals surface area (Å²) in [5.74, 6) is 0.385. The number of likely N-dealkylation sites (tertiary alicyclic amines) is 1. The quantitative estimate of drug-likeness (QED) is 0.808. The van der Waals surface area contributed by atoms with Crippen LogP contribution in [-0.4, -0.2) is 48.4 Å². The second-order valence-electron chi connectivity index (χ2n) is 6.29. The number of piperidine rings is 1. The van der Waals surface area contributed by atoms with Crippen LogP contribution in [0.5, 0.6) is 0 Å². The number of aryl methyl sites for hydroxylation is 1. The lowest BCUT2D eigenvalue weighted by atomic mass is 9.96. The summed E-state index contributed by atoms with van der Waals surface area (Å²) in [4.78, 5) is 30.8. The van der Waals surface area contributed by atoms with Gasteiger partial charge in [0.25, 0.3) is 0 Å². The average Bonchev–Trinajstić information content (AvgIpc) is 2.56. The lowest BCUT2D eigenvalue weighted by Gasteiger charge is -2.33. The molecule has 0 aromatic carbocycles. The van der Waals surface area contributed by atoms with Crippen LogP contribution in [0.4, 0.5) is 5.82 Å². The van der Waals surface area contributed by atoms with Crippen molar-refractivity contribution in [1.29, 1.82) is 0 Å². The van der Waals surface area contributed by atoms with E-state index in [9.17, 15) is 9.59 Å². The Morgan fingerprint density at radius 2 is 2.08 bits per heavy atom. The highest BCUT2D eigenvalue weighted by Gasteiger charge is 2.30. The summed E-state index contributed by atoms with van der Waals surface area (Å²) in [6.45, 7) is 5.75. The molecule has 25 heavy (non-hydrogen) atoms. The molecule has 2 unspecified atom stereocenters. The first-order chi connectivity index (χ1) is 11.0. The SMILES string of the molecule is CNCC(C)C(=O)N1CCCC(C(=O)Nc2ccc(C)cn2)C1.Cl.Cl. The predicted molar refractivity (Wildman–Crippen MR) is 104 cm³/mol. The number of anilines is 1. The minimum atomic E-state index is -0.169. The summed E-state index contributed by atoms with van der Waals surface area (Å²) in [5.41, 5.74) is 1.05. The molecule has 8 heteroatoms. The van der Waals surface area contributed by atoms with E-state index in [1.165, 1.54) is 0 Å². The Balaban J connectivity index is 0.00000288. The van der Waals surface area contributed by atoms with Crippen LogP contribution >= 0.6 is 24.8 Å². The van der Waals surface area contributed by atoms with Crippen LogP contribution in [0, 0.1) is 18.8 Å². The maximum Gasteiger partial charge on any atom is 0.230 e. The molecule has 1 saturated heterocycles. The second kappa shape index (κ2) is 11.3. The van der Waals surface area contributed by atoms with Gasteiger partial charge in [0.15, 0.2) is 0 Å². The largest absolute Gasteiger partial charge is 0.342 e. The number of pyridine rings is 1. The normalized spacial score (nSPS) is 17.7. The standard InChI is InChI=1S/C17H26N4O2.2ClH/c1-12-6-7-15(19-9-12)20-16(22)14-5-4-8-21(11-14)17(23)13(2)10-18-3;;/h6-7,9,13-14,18H,4-5,8,10-11H2,1-3H3,(H,19,20,22);2*1H. The Bertz CT molecular complexity index is 554. The van der Waals surface area contributed by atoms with Crippen LogP contribution in [0.3, 0.4) is 0 Å². The van der Waals surface area contributed by atoms with Crippen molar-refractivity contribution in [3.63, 3.8) is 0 Å². The van der Waals surface area contributed by atoms with Crippen LogP contribution in [0.15, 0.2) is 18.3 Å².